The highest BCUT2D eigenvalue weighted by molar-refractivity contribution is 6.32. The van der Waals surface area contributed by atoms with Crippen molar-refractivity contribution in [3.8, 4) is 5.75 Å². The fourth-order valence-electron chi connectivity index (χ4n) is 2.96. The van der Waals surface area contributed by atoms with Gasteiger partial charge in [-0.3, -0.25) is 0 Å². The molecule has 0 aromatic heterocycles. The summed E-state index contributed by atoms with van der Waals surface area (Å²) in [6.07, 6.45) is 0. The Morgan fingerprint density at radius 2 is 2.04 bits per heavy atom. The lowest BCUT2D eigenvalue weighted by Crippen LogP contribution is -2.53. The second-order valence-corrected chi connectivity index (χ2v) is 6.28. The van der Waals surface area contributed by atoms with E-state index < -0.39 is 0 Å². The van der Waals surface area contributed by atoms with E-state index in [0.717, 1.165) is 25.3 Å². The first-order valence-corrected chi connectivity index (χ1v) is 8.58. The monoisotopic (exact) mass is 346 g/mol. The zero-order chi connectivity index (χ0) is 16.8. The minimum atomic E-state index is 0.286. The Morgan fingerprint density at radius 1 is 1.21 bits per heavy atom. The number of nitrogens with zero attached hydrogens (tertiary/aromatic N) is 1. The number of hydrogen-bond acceptors (Lipinski definition) is 4. The number of anilines is 1. The molecule has 5 heteroatoms. The first-order chi connectivity index (χ1) is 11.8. The molecule has 2 aromatic carbocycles. The van der Waals surface area contributed by atoms with Crippen LogP contribution in [0.25, 0.3) is 0 Å². The van der Waals surface area contributed by atoms with Crippen molar-refractivity contribution in [2.75, 3.05) is 38.3 Å². The van der Waals surface area contributed by atoms with Crippen LogP contribution in [-0.4, -0.2) is 39.4 Å². The summed E-state index contributed by atoms with van der Waals surface area (Å²) < 4.78 is 11.3. The Balaban J connectivity index is 1.65. The van der Waals surface area contributed by atoms with Crippen LogP contribution in [0, 0.1) is 0 Å². The third-order valence-corrected chi connectivity index (χ3v) is 4.55. The number of hydrogen-bond donors (Lipinski definition) is 1. The topological polar surface area (TPSA) is 33.7 Å². The van der Waals surface area contributed by atoms with Crippen LogP contribution in [0.2, 0.25) is 5.02 Å². The van der Waals surface area contributed by atoms with Gasteiger partial charge in [0.1, 0.15) is 5.75 Å². The molecule has 0 aliphatic carbocycles. The van der Waals surface area contributed by atoms with Gasteiger partial charge in [0.15, 0.2) is 0 Å². The van der Waals surface area contributed by atoms with Crippen LogP contribution in [0.1, 0.15) is 5.56 Å². The molecular weight excluding hydrogens is 324 g/mol. The van der Waals surface area contributed by atoms with Gasteiger partial charge in [0.2, 0.25) is 0 Å². The maximum Gasteiger partial charge on any atom is 0.139 e. The predicted octanol–water partition coefficient (Wildman–Crippen LogP) is 3.34. The van der Waals surface area contributed by atoms with Crippen molar-refractivity contribution in [2.45, 2.75) is 12.6 Å². The first-order valence-electron chi connectivity index (χ1n) is 8.20. The lowest BCUT2D eigenvalue weighted by Gasteiger charge is -2.38. The molecule has 1 aliphatic rings. The molecule has 1 atom stereocenters. The van der Waals surface area contributed by atoms with Crippen molar-refractivity contribution in [2.24, 2.45) is 0 Å². The maximum absolute atomic E-state index is 6.14. The average molecular weight is 347 g/mol. The zero-order valence-corrected chi connectivity index (χ0v) is 14.6. The average Bonchev–Trinajstić information content (AvgIpc) is 2.63. The molecule has 0 saturated carbocycles. The molecule has 4 nitrogen and oxygen atoms in total. The van der Waals surface area contributed by atoms with Gasteiger partial charge < -0.3 is 19.7 Å². The highest BCUT2D eigenvalue weighted by atomic mass is 35.5. The van der Waals surface area contributed by atoms with Crippen LogP contribution in [0.15, 0.2) is 48.5 Å². The Morgan fingerprint density at radius 3 is 2.83 bits per heavy atom. The van der Waals surface area contributed by atoms with Gasteiger partial charge in [-0.15, -0.1) is 0 Å². The van der Waals surface area contributed by atoms with Crippen LogP contribution in [0.3, 0.4) is 0 Å². The van der Waals surface area contributed by atoms with E-state index in [1.807, 2.05) is 36.4 Å². The molecule has 1 heterocycles. The van der Waals surface area contributed by atoms with Gasteiger partial charge in [-0.25, -0.2) is 0 Å². The van der Waals surface area contributed by atoms with E-state index in [9.17, 15) is 0 Å². The lowest BCUT2D eigenvalue weighted by molar-refractivity contribution is 0.102. The summed E-state index contributed by atoms with van der Waals surface area (Å²) in [4.78, 5) is 2.36. The van der Waals surface area contributed by atoms with Crippen molar-refractivity contribution in [1.29, 1.82) is 0 Å². The number of ether oxygens (including phenoxy) is 2. The number of benzene rings is 2. The second kappa shape index (κ2) is 8.38. The summed E-state index contributed by atoms with van der Waals surface area (Å²) in [5.74, 6) is 0.705. The number of methoxy groups -OCH3 is 1. The van der Waals surface area contributed by atoms with Gasteiger partial charge in [0.25, 0.3) is 0 Å². The van der Waals surface area contributed by atoms with Gasteiger partial charge in [0, 0.05) is 31.4 Å². The van der Waals surface area contributed by atoms with Crippen LogP contribution in [0.5, 0.6) is 5.75 Å². The van der Waals surface area contributed by atoms with E-state index in [0.29, 0.717) is 24.0 Å². The molecule has 1 N–H and O–H groups in total. The summed E-state index contributed by atoms with van der Waals surface area (Å²) in [6, 6.07) is 16.5. The van der Waals surface area contributed by atoms with Crippen LogP contribution >= 0.6 is 11.6 Å². The minimum Gasteiger partial charge on any atom is -0.495 e. The van der Waals surface area contributed by atoms with Crippen LogP contribution in [-0.2, 0) is 11.3 Å². The summed E-state index contributed by atoms with van der Waals surface area (Å²) in [5, 5.41) is 4.08. The quantitative estimate of drug-likeness (QED) is 0.869. The van der Waals surface area contributed by atoms with E-state index in [4.69, 9.17) is 21.1 Å². The third-order valence-electron chi connectivity index (χ3n) is 4.24. The summed E-state index contributed by atoms with van der Waals surface area (Å²) in [6.45, 7) is 4.10. The molecule has 1 saturated heterocycles. The van der Waals surface area contributed by atoms with Gasteiger partial charge in [-0.1, -0.05) is 41.9 Å². The molecule has 24 heavy (non-hydrogen) atoms. The number of nitrogens with one attached hydrogen (secondary N) is 1. The molecule has 0 spiro atoms. The molecule has 0 bridgehead atoms. The molecule has 0 radical (unpaired) electrons. The Hall–Kier alpha value is -1.75. The van der Waals surface area contributed by atoms with Gasteiger partial charge >= 0.3 is 0 Å². The molecule has 2 aromatic rings. The van der Waals surface area contributed by atoms with Crippen molar-refractivity contribution in [3.05, 3.63) is 59.1 Å². The predicted molar refractivity (Wildman–Crippen MR) is 98.1 cm³/mol. The molecule has 1 aliphatic heterocycles. The van der Waals surface area contributed by atoms with Gasteiger partial charge in [-0.2, -0.15) is 0 Å². The van der Waals surface area contributed by atoms with Crippen LogP contribution in [0.4, 0.5) is 5.69 Å². The summed E-state index contributed by atoms with van der Waals surface area (Å²) >= 11 is 6.14. The Bertz CT molecular complexity index is 651. The number of rotatable bonds is 6. The summed E-state index contributed by atoms with van der Waals surface area (Å²) in [5.41, 5.74) is 2.31. The van der Waals surface area contributed by atoms with Crippen molar-refractivity contribution in [3.63, 3.8) is 0 Å². The van der Waals surface area contributed by atoms with E-state index in [1.165, 1.54) is 5.56 Å². The normalized spacial score (nSPS) is 17.8. The largest absolute Gasteiger partial charge is 0.495 e. The standard InChI is InChI=1S/C19H23ClN2O2/c1-23-19-11-16(7-8-18(19)20)22-10-9-21-12-17(22)14-24-13-15-5-3-2-4-6-15/h2-8,11,17,21H,9-10,12-14H2,1H3. The van der Waals surface area contributed by atoms with E-state index in [2.05, 4.69) is 22.3 Å². The smallest absolute Gasteiger partial charge is 0.139 e. The first kappa shape index (κ1) is 17.1. The maximum atomic E-state index is 6.14. The SMILES string of the molecule is COc1cc(N2CCNCC2COCc2ccccc2)ccc1Cl. The molecule has 0 amide bonds. The minimum absolute atomic E-state index is 0.286. The molecule has 1 unspecified atom stereocenters. The fourth-order valence-corrected chi connectivity index (χ4v) is 3.16. The highest BCUT2D eigenvalue weighted by Crippen LogP contribution is 2.30. The highest BCUT2D eigenvalue weighted by Gasteiger charge is 2.23. The lowest BCUT2D eigenvalue weighted by atomic mass is 10.1. The Kier molecular flexibility index (Phi) is 5.96. The number of piperazine rings is 1. The van der Waals surface area contributed by atoms with Gasteiger partial charge in [0.05, 0.1) is 31.4 Å². The van der Waals surface area contributed by atoms with E-state index in [1.54, 1.807) is 7.11 Å². The molecular formula is C19H23ClN2O2. The van der Waals surface area contributed by atoms with E-state index in [-0.39, 0.29) is 6.04 Å². The molecule has 1 fully saturated rings. The zero-order valence-electron chi connectivity index (χ0n) is 13.9. The third kappa shape index (κ3) is 4.20. The van der Waals surface area contributed by atoms with Crippen molar-refractivity contribution >= 4 is 17.3 Å². The van der Waals surface area contributed by atoms with Gasteiger partial charge in [-0.05, 0) is 17.7 Å². The van der Waals surface area contributed by atoms with Crippen molar-refractivity contribution in [1.82, 2.24) is 5.32 Å². The number of halogens is 1. The molecule has 128 valence electrons. The van der Waals surface area contributed by atoms with Crippen LogP contribution < -0.4 is 15.0 Å². The van der Waals surface area contributed by atoms with Crippen molar-refractivity contribution < 1.29 is 9.47 Å². The fraction of sp³-hybridized carbons (Fsp3) is 0.368. The molecule has 3 rings (SSSR count). The van der Waals surface area contributed by atoms with E-state index >= 15 is 0 Å². The second-order valence-electron chi connectivity index (χ2n) is 5.87. The Labute approximate surface area is 148 Å². The summed E-state index contributed by atoms with van der Waals surface area (Å²) in [7, 11) is 1.64.